The maximum Gasteiger partial charge on any atom is 0.0969 e. The highest BCUT2D eigenvalue weighted by molar-refractivity contribution is 5.36. The summed E-state index contributed by atoms with van der Waals surface area (Å²) in [7, 11) is 0. The molecule has 0 spiro atoms. The molecule has 0 amide bonds. The molecule has 0 radical (unpaired) electrons. The van der Waals surface area contributed by atoms with Gasteiger partial charge in [-0.3, -0.25) is 0 Å². The van der Waals surface area contributed by atoms with Gasteiger partial charge in [0.1, 0.15) is 0 Å². The van der Waals surface area contributed by atoms with Crippen LogP contribution in [0.3, 0.4) is 0 Å². The minimum absolute atomic E-state index is 0.519. The second-order valence-electron chi connectivity index (χ2n) is 5.93. The molecule has 1 heterocycles. The molecule has 0 atom stereocenters. The second-order valence-corrected chi connectivity index (χ2v) is 5.93. The van der Waals surface area contributed by atoms with Crippen LogP contribution < -0.4 is 5.32 Å². The molecule has 0 aliphatic carbocycles. The maximum absolute atomic E-state index is 4.21. The highest BCUT2D eigenvalue weighted by atomic mass is 15.4. The van der Waals surface area contributed by atoms with Crippen molar-refractivity contribution in [2.24, 2.45) is 5.92 Å². The van der Waals surface area contributed by atoms with Gasteiger partial charge in [0.2, 0.25) is 0 Å². The Bertz CT molecular complexity index is 543. The summed E-state index contributed by atoms with van der Waals surface area (Å²) in [6.45, 7) is 10.5. The summed E-state index contributed by atoms with van der Waals surface area (Å²) < 4.78 is 1.85. The number of benzene rings is 1. The van der Waals surface area contributed by atoms with E-state index < -0.39 is 0 Å². The summed E-state index contributed by atoms with van der Waals surface area (Å²) in [6.07, 6.45) is 1.99. The Morgan fingerprint density at radius 2 is 2.00 bits per heavy atom. The Balaban J connectivity index is 2.06. The van der Waals surface area contributed by atoms with Crippen LogP contribution in [0.2, 0.25) is 0 Å². The summed E-state index contributed by atoms with van der Waals surface area (Å²) in [5, 5.41) is 11.8. The molecule has 4 heteroatoms. The van der Waals surface area contributed by atoms with Crippen LogP contribution in [0.5, 0.6) is 0 Å². The number of hydrogen-bond acceptors (Lipinski definition) is 3. The largest absolute Gasteiger partial charge is 0.311 e. The molecule has 1 N–H and O–H groups in total. The first-order valence-electron chi connectivity index (χ1n) is 7.28. The Morgan fingerprint density at radius 3 is 2.70 bits per heavy atom. The molecule has 1 aromatic heterocycles. The number of rotatable bonds is 6. The summed E-state index contributed by atoms with van der Waals surface area (Å²) in [6, 6.07) is 8.45. The fraction of sp³-hybridized carbons (Fsp3) is 0.500. The Morgan fingerprint density at radius 1 is 1.20 bits per heavy atom. The predicted octanol–water partition coefficient (Wildman–Crippen LogP) is 3.14. The van der Waals surface area contributed by atoms with E-state index in [4.69, 9.17) is 0 Å². The van der Waals surface area contributed by atoms with E-state index in [1.54, 1.807) is 0 Å². The van der Waals surface area contributed by atoms with E-state index in [1.165, 1.54) is 5.56 Å². The van der Waals surface area contributed by atoms with Crippen molar-refractivity contribution in [2.45, 2.75) is 40.2 Å². The van der Waals surface area contributed by atoms with Crippen LogP contribution in [0.4, 0.5) is 0 Å². The first-order valence-corrected chi connectivity index (χ1v) is 7.28. The molecule has 0 unspecified atom stereocenters. The average molecular weight is 272 g/mol. The smallest absolute Gasteiger partial charge is 0.0969 e. The van der Waals surface area contributed by atoms with Crippen molar-refractivity contribution in [2.75, 3.05) is 6.54 Å². The highest BCUT2D eigenvalue weighted by Crippen LogP contribution is 2.17. The van der Waals surface area contributed by atoms with Gasteiger partial charge in [-0.15, -0.1) is 5.10 Å². The number of aromatic nitrogens is 3. The predicted molar refractivity (Wildman–Crippen MR) is 82.0 cm³/mol. The molecule has 20 heavy (non-hydrogen) atoms. The van der Waals surface area contributed by atoms with Gasteiger partial charge in [-0.1, -0.05) is 45.0 Å². The van der Waals surface area contributed by atoms with Crippen LogP contribution in [0.15, 0.2) is 30.5 Å². The summed E-state index contributed by atoms with van der Waals surface area (Å²) >= 11 is 0. The van der Waals surface area contributed by atoms with E-state index in [1.807, 2.05) is 10.9 Å². The summed E-state index contributed by atoms with van der Waals surface area (Å²) in [5.41, 5.74) is 3.36. The zero-order chi connectivity index (χ0) is 14.5. The molecule has 4 nitrogen and oxygen atoms in total. The standard InChI is InChI=1S/C16H24N4/c1-12(2)9-17-10-15-11-20(19-18-15)16-7-5-6-14(8-16)13(3)4/h5-8,11-13,17H,9-10H2,1-4H3. The molecule has 0 saturated carbocycles. The van der Waals surface area contributed by atoms with Gasteiger partial charge >= 0.3 is 0 Å². The van der Waals surface area contributed by atoms with Gasteiger partial charge in [-0.2, -0.15) is 0 Å². The van der Waals surface area contributed by atoms with Crippen molar-refractivity contribution in [3.63, 3.8) is 0 Å². The molecular formula is C16H24N4. The van der Waals surface area contributed by atoms with Crippen LogP contribution in [0.25, 0.3) is 5.69 Å². The molecule has 2 rings (SSSR count). The second kappa shape index (κ2) is 6.66. The number of nitrogens with one attached hydrogen (secondary N) is 1. The third-order valence-corrected chi connectivity index (χ3v) is 3.20. The van der Waals surface area contributed by atoms with Gasteiger partial charge in [0.15, 0.2) is 0 Å². The van der Waals surface area contributed by atoms with E-state index >= 15 is 0 Å². The fourth-order valence-corrected chi connectivity index (χ4v) is 2.02. The molecule has 108 valence electrons. The lowest BCUT2D eigenvalue weighted by molar-refractivity contribution is 0.548. The minimum Gasteiger partial charge on any atom is -0.311 e. The van der Waals surface area contributed by atoms with Crippen LogP contribution >= 0.6 is 0 Å². The SMILES string of the molecule is CC(C)CNCc1cn(-c2cccc(C(C)C)c2)nn1. The quantitative estimate of drug-likeness (QED) is 0.878. The van der Waals surface area contributed by atoms with Gasteiger partial charge in [-0.25, -0.2) is 4.68 Å². The Hall–Kier alpha value is -1.68. The first-order chi connectivity index (χ1) is 9.56. The molecule has 0 aliphatic heterocycles. The lowest BCUT2D eigenvalue weighted by Crippen LogP contribution is -2.19. The third-order valence-electron chi connectivity index (χ3n) is 3.20. The zero-order valence-electron chi connectivity index (χ0n) is 12.8. The maximum atomic E-state index is 4.21. The van der Waals surface area contributed by atoms with Gasteiger partial charge < -0.3 is 5.32 Å². The summed E-state index contributed by atoms with van der Waals surface area (Å²) in [4.78, 5) is 0. The van der Waals surface area contributed by atoms with Crippen molar-refractivity contribution in [3.05, 3.63) is 41.7 Å². The molecule has 1 aromatic carbocycles. The topological polar surface area (TPSA) is 42.7 Å². The van der Waals surface area contributed by atoms with Gasteiger partial charge in [0, 0.05) is 6.54 Å². The Labute approximate surface area is 121 Å². The zero-order valence-corrected chi connectivity index (χ0v) is 12.8. The molecule has 0 saturated heterocycles. The van der Waals surface area contributed by atoms with Gasteiger partial charge in [-0.05, 0) is 36.1 Å². The van der Waals surface area contributed by atoms with Crippen molar-refractivity contribution < 1.29 is 0 Å². The average Bonchev–Trinajstić information content (AvgIpc) is 2.87. The molecule has 0 fully saturated rings. The normalized spacial score (nSPS) is 11.5. The first kappa shape index (κ1) is 14.7. The van der Waals surface area contributed by atoms with E-state index in [-0.39, 0.29) is 0 Å². The Kier molecular flexibility index (Phi) is 4.90. The number of nitrogens with zero attached hydrogens (tertiary/aromatic N) is 3. The van der Waals surface area contributed by atoms with E-state index in [2.05, 4.69) is 67.6 Å². The molecule has 2 aromatic rings. The molecular weight excluding hydrogens is 248 g/mol. The molecule has 0 aliphatic rings. The fourth-order valence-electron chi connectivity index (χ4n) is 2.02. The van der Waals surface area contributed by atoms with Crippen molar-refractivity contribution in [3.8, 4) is 5.69 Å². The van der Waals surface area contributed by atoms with Crippen LogP contribution in [-0.4, -0.2) is 21.5 Å². The van der Waals surface area contributed by atoms with Crippen LogP contribution in [0, 0.1) is 5.92 Å². The van der Waals surface area contributed by atoms with E-state index in [9.17, 15) is 0 Å². The van der Waals surface area contributed by atoms with Gasteiger partial charge in [0.05, 0.1) is 17.6 Å². The van der Waals surface area contributed by atoms with Crippen LogP contribution in [-0.2, 0) is 6.54 Å². The minimum atomic E-state index is 0.519. The third kappa shape index (κ3) is 3.90. The van der Waals surface area contributed by atoms with Gasteiger partial charge in [0.25, 0.3) is 0 Å². The van der Waals surface area contributed by atoms with Crippen LogP contribution in [0.1, 0.15) is 44.9 Å². The molecule has 0 bridgehead atoms. The monoisotopic (exact) mass is 272 g/mol. The lowest BCUT2D eigenvalue weighted by Gasteiger charge is -2.07. The number of hydrogen-bond donors (Lipinski definition) is 1. The van der Waals surface area contributed by atoms with Crippen molar-refractivity contribution in [1.29, 1.82) is 0 Å². The van der Waals surface area contributed by atoms with E-state index in [0.29, 0.717) is 11.8 Å². The van der Waals surface area contributed by atoms with Crippen molar-refractivity contribution >= 4 is 0 Å². The van der Waals surface area contributed by atoms with Crippen molar-refractivity contribution in [1.82, 2.24) is 20.3 Å². The van der Waals surface area contributed by atoms with E-state index in [0.717, 1.165) is 24.5 Å². The lowest BCUT2D eigenvalue weighted by atomic mass is 10.0. The highest BCUT2D eigenvalue weighted by Gasteiger charge is 2.05. The summed E-state index contributed by atoms with van der Waals surface area (Å²) in [5.74, 6) is 1.17.